The van der Waals surface area contributed by atoms with E-state index in [4.69, 9.17) is 0 Å². The average Bonchev–Trinajstić information content (AvgIpc) is 2.74. The van der Waals surface area contributed by atoms with Crippen molar-refractivity contribution in [3.63, 3.8) is 0 Å². The van der Waals surface area contributed by atoms with Gasteiger partial charge in [0.05, 0.1) is 11.3 Å². The summed E-state index contributed by atoms with van der Waals surface area (Å²) in [5.41, 5.74) is 0.952. The van der Waals surface area contributed by atoms with Crippen molar-refractivity contribution in [1.29, 1.82) is 0 Å². The molecule has 0 radical (unpaired) electrons. The van der Waals surface area contributed by atoms with Gasteiger partial charge < -0.3 is 5.32 Å². The molecule has 0 bridgehead atoms. The highest BCUT2D eigenvalue weighted by Crippen LogP contribution is 2.36. The topological polar surface area (TPSA) is 24.9 Å². The normalized spacial score (nSPS) is 18.7. The van der Waals surface area contributed by atoms with Gasteiger partial charge in [0, 0.05) is 23.9 Å². The van der Waals surface area contributed by atoms with E-state index in [1.54, 1.807) is 0 Å². The van der Waals surface area contributed by atoms with E-state index < -0.39 is 11.6 Å². The van der Waals surface area contributed by atoms with Crippen LogP contribution in [0, 0.1) is 11.6 Å². The minimum atomic E-state index is -0.554. The number of fused-ring (bicyclic) bond motifs is 1. The van der Waals surface area contributed by atoms with E-state index >= 15 is 0 Å². The first-order chi connectivity index (χ1) is 8.66. The minimum absolute atomic E-state index is 0.0101. The lowest BCUT2D eigenvalue weighted by molar-refractivity contribution is 0.544. The van der Waals surface area contributed by atoms with Crippen molar-refractivity contribution in [2.24, 2.45) is 0 Å². The largest absolute Gasteiger partial charge is 0.309 e. The highest BCUT2D eigenvalue weighted by molar-refractivity contribution is 7.15. The van der Waals surface area contributed by atoms with E-state index in [9.17, 15) is 8.78 Å². The van der Waals surface area contributed by atoms with Crippen LogP contribution in [0.2, 0.25) is 0 Å². The molecule has 0 saturated heterocycles. The lowest BCUT2D eigenvalue weighted by Gasteiger charge is -2.18. The number of thiazole rings is 1. The average molecular weight is 266 g/mol. The molecule has 94 valence electrons. The van der Waals surface area contributed by atoms with Crippen molar-refractivity contribution in [3.05, 3.63) is 40.4 Å². The summed E-state index contributed by atoms with van der Waals surface area (Å²) in [6.07, 6.45) is 0.812. The van der Waals surface area contributed by atoms with Crippen molar-refractivity contribution >= 4 is 11.3 Å². The summed E-state index contributed by atoms with van der Waals surface area (Å²) in [6.45, 7) is 2.90. The Morgan fingerprint density at radius 2 is 2.06 bits per heavy atom. The Kier molecular flexibility index (Phi) is 2.87. The third kappa shape index (κ3) is 1.83. The zero-order valence-electron chi connectivity index (χ0n) is 9.84. The van der Waals surface area contributed by atoms with Crippen LogP contribution in [0.5, 0.6) is 0 Å². The highest BCUT2D eigenvalue weighted by Gasteiger charge is 2.23. The standard InChI is InChI=1S/C13H12F2N2S/c1-7-12-10(5-6-16-7)17-13(18-12)11-8(14)3-2-4-9(11)15/h2-4,7,16H,5-6H2,1H3. The lowest BCUT2D eigenvalue weighted by Crippen LogP contribution is -2.26. The zero-order chi connectivity index (χ0) is 12.7. The van der Waals surface area contributed by atoms with Gasteiger partial charge in [0.2, 0.25) is 0 Å². The summed E-state index contributed by atoms with van der Waals surface area (Å²) < 4.78 is 27.4. The molecule has 1 aliphatic heterocycles. The van der Waals surface area contributed by atoms with Gasteiger partial charge in [-0.3, -0.25) is 0 Å². The molecule has 1 unspecified atom stereocenters. The molecule has 1 aromatic heterocycles. The predicted molar refractivity (Wildman–Crippen MR) is 67.6 cm³/mol. The molecule has 1 atom stereocenters. The number of benzene rings is 1. The van der Waals surface area contributed by atoms with Gasteiger partial charge in [0.25, 0.3) is 0 Å². The van der Waals surface area contributed by atoms with Crippen molar-refractivity contribution in [2.45, 2.75) is 19.4 Å². The molecule has 0 aliphatic carbocycles. The molecule has 0 spiro atoms. The minimum Gasteiger partial charge on any atom is -0.309 e. The third-order valence-corrected chi connectivity index (χ3v) is 4.41. The van der Waals surface area contributed by atoms with Gasteiger partial charge in [-0.15, -0.1) is 11.3 Å². The fourth-order valence-corrected chi connectivity index (χ4v) is 3.38. The van der Waals surface area contributed by atoms with Crippen molar-refractivity contribution in [1.82, 2.24) is 10.3 Å². The Hall–Kier alpha value is -1.33. The van der Waals surface area contributed by atoms with Crippen LogP contribution < -0.4 is 5.32 Å². The first kappa shape index (κ1) is 11.7. The first-order valence-electron chi connectivity index (χ1n) is 5.84. The molecule has 18 heavy (non-hydrogen) atoms. The van der Waals surface area contributed by atoms with E-state index in [2.05, 4.69) is 10.3 Å². The Labute approximate surface area is 108 Å². The summed E-state index contributed by atoms with van der Waals surface area (Å²) in [6, 6.07) is 4.10. The van der Waals surface area contributed by atoms with Gasteiger partial charge in [-0.2, -0.15) is 0 Å². The Morgan fingerprint density at radius 1 is 1.33 bits per heavy atom. The molecule has 0 saturated carbocycles. The molecule has 1 aromatic carbocycles. The van der Waals surface area contributed by atoms with Gasteiger partial charge >= 0.3 is 0 Å². The van der Waals surface area contributed by atoms with E-state index in [1.807, 2.05) is 6.92 Å². The van der Waals surface area contributed by atoms with Crippen LogP contribution in [-0.4, -0.2) is 11.5 Å². The second-order valence-electron chi connectivity index (χ2n) is 4.35. The summed E-state index contributed by atoms with van der Waals surface area (Å²) in [4.78, 5) is 5.47. The van der Waals surface area contributed by atoms with Crippen LogP contribution in [-0.2, 0) is 6.42 Å². The third-order valence-electron chi connectivity index (χ3n) is 3.11. The van der Waals surface area contributed by atoms with Crippen LogP contribution in [0.25, 0.3) is 10.6 Å². The van der Waals surface area contributed by atoms with Crippen LogP contribution in [0.1, 0.15) is 23.5 Å². The Morgan fingerprint density at radius 3 is 2.72 bits per heavy atom. The quantitative estimate of drug-likeness (QED) is 0.856. The van der Waals surface area contributed by atoms with Crippen LogP contribution in [0.15, 0.2) is 18.2 Å². The van der Waals surface area contributed by atoms with E-state index in [0.717, 1.165) is 23.5 Å². The Balaban J connectivity index is 2.13. The monoisotopic (exact) mass is 266 g/mol. The first-order valence-corrected chi connectivity index (χ1v) is 6.66. The SMILES string of the molecule is CC1NCCc2nc(-c3c(F)cccc3F)sc21. The summed E-state index contributed by atoms with van der Waals surface area (Å²) in [5, 5.41) is 3.75. The number of halogens is 2. The zero-order valence-corrected chi connectivity index (χ0v) is 10.7. The Bertz CT molecular complexity index is 574. The lowest BCUT2D eigenvalue weighted by atomic mass is 10.1. The second-order valence-corrected chi connectivity index (χ2v) is 5.38. The number of nitrogens with zero attached hydrogens (tertiary/aromatic N) is 1. The fraction of sp³-hybridized carbons (Fsp3) is 0.308. The molecular weight excluding hydrogens is 254 g/mol. The summed E-state index contributed by atoms with van der Waals surface area (Å²) in [5.74, 6) is -1.11. The van der Waals surface area contributed by atoms with Gasteiger partial charge in [-0.25, -0.2) is 13.8 Å². The van der Waals surface area contributed by atoms with Crippen molar-refractivity contribution < 1.29 is 8.78 Å². The highest BCUT2D eigenvalue weighted by atomic mass is 32.1. The fourth-order valence-electron chi connectivity index (χ4n) is 2.19. The van der Waals surface area contributed by atoms with E-state index in [1.165, 1.54) is 29.5 Å². The second kappa shape index (κ2) is 4.40. The van der Waals surface area contributed by atoms with Gasteiger partial charge in [-0.05, 0) is 19.1 Å². The molecule has 2 heterocycles. The molecule has 2 aromatic rings. The van der Waals surface area contributed by atoms with Crippen LogP contribution >= 0.6 is 11.3 Å². The molecule has 0 amide bonds. The molecule has 2 nitrogen and oxygen atoms in total. The van der Waals surface area contributed by atoms with Crippen molar-refractivity contribution in [3.8, 4) is 10.6 Å². The predicted octanol–water partition coefficient (Wildman–Crippen LogP) is 3.30. The molecule has 3 rings (SSSR count). The molecule has 0 fully saturated rings. The number of aromatic nitrogens is 1. The van der Waals surface area contributed by atoms with Gasteiger partial charge in [0.15, 0.2) is 0 Å². The van der Waals surface area contributed by atoms with Gasteiger partial charge in [0.1, 0.15) is 16.6 Å². The molecule has 5 heteroatoms. The molecule has 1 aliphatic rings. The number of rotatable bonds is 1. The summed E-state index contributed by atoms with van der Waals surface area (Å²) in [7, 11) is 0. The maximum atomic E-state index is 13.7. The van der Waals surface area contributed by atoms with E-state index in [0.29, 0.717) is 5.01 Å². The number of nitrogens with one attached hydrogen (secondary N) is 1. The maximum absolute atomic E-state index is 13.7. The van der Waals surface area contributed by atoms with E-state index in [-0.39, 0.29) is 11.6 Å². The van der Waals surface area contributed by atoms with Gasteiger partial charge in [-0.1, -0.05) is 6.07 Å². The van der Waals surface area contributed by atoms with Crippen LogP contribution in [0.3, 0.4) is 0 Å². The molecule has 1 N–H and O–H groups in total. The van der Waals surface area contributed by atoms with Crippen LogP contribution in [0.4, 0.5) is 8.78 Å². The maximum Gasteiger partial charge on any atom is 0.136 e. The smallest absolute Gasteiger partial charge is 0.136 e. The van der Waals surface area contributed by atoms with Crippen molar-refractivity contribution in [2.75, 3.05) is 6.54 Å². The molecular formula is C13H12F2N2S. The summed E-state index contributed by atoms with van der Waals surface area (Å²) >= 11 is 1.37. The number of hydrogen-bond acceptors (Lipinski definition) is 3. The number of hydrogen-bond donors (Lipinski definition) is 1.